The van der Waals surface area contributed by atoms with Crippen molar-refractivity contribution in [3.8, 4) is 0 Å². The van der Waals surface area contributed by atoms with E-state index in [4.69, 9.17) is 5.10 Å². The predicted octanol–water partition coefficient (Wildman–Crippen LogP) is 6.66. The first-order valence-corrected chi connectivity index (χ1v) is 10.2. The van der Waals surface area contributed by atoms with Crippen LogP contribution in [0.1, 0.15) is 22.4 Å². The van der Waals surface area contributed by atoms with Gasteiger partial charge in [0.25, 0.3) is 0 Å². The van der Waals surface area contributed by atoms with Crippen molar-refractivity contribution in [3.05, 3.63) is 144 Å². The molecule has 0 N–H and O–H groups in total. The van der Waals surface area contributed by atoms with Gasteiger partial charge in [0.15, 0.2) is 0 Å². The molecule has 1 aromatic heterocycles. The number of rotatable bonds is 5. The highest BCUT2D eigenvalue weighted by atomic mass is 19.1. The minimum absolute atomic E-state index is 0.315. The third-order valence-electron chi connectivity index (χ3n) is 5.77. The molecule has 0 aliphatic heterocycles. The molecule has 0 saturated carbocycles. The van der Waals surface area contributed by atoms with Crippen LogP contribution in [0.4, 0.5) is 4.39 Å². The Kier molecular flexibility index (Phi) is 4.72. The van der Waals surface area contributed by atoms with E-state index in [1.807, 2.05) is 65.3 Å². The molecule has 0 atom stereocenters. The van der Waals surface area contributed by atoms with Crippen LogP contribution in [-0.4, -0.2) is 9.78 Å². The van der Waals surface area contributed by atoms with Crippen molar-refractivity contribution in [1.29, 1.82) is 0 Å². The number of nitrogens with zero attached hydrogens (tertiary/aromatic N) is 2. The van der Waals surface area contributed by atoms with Gasteiger partial charge >= 0.3 is 0 Å². The molecule has 0 aliphatic carbocycles. The molecule has 0 unspecified atom stereocenters. The molecule has 0 spiro atoms. The summed E-state index contributed by atoms with van der Waals surface area (Å²) in [5.41, 5.74) is 3.23. The van der Waals surface area contributed by atoms with Gasteiger partial charge in [0.1, 0.15) is 16.9 Å². The smallest absolute Gasteiger partial charge is 0.149 e. The normalized spacial score (nSPS) is 11.5. The lowest BCUT2D eigenvalue weighted by Gasteiger charge is -2.37. The minimum atomic E-state index is -0.870. The van der Waals surface area contributed by atoms with Crippen molar-refractivity contribution in [1.82, 2.24) is 9.78 Å². The zero-order chi connectivity index (χ0) is 21.3. The van der Waals surface area contributed by atoms with Gasteiger partial charge < -0.3 is 0 Å². The van der Waals surface area contributed by atoms with E-state index in [0.29, 0.717) is 11.2 Å². The molecule has 0 bridgehead atoms. The van der Waals surface area contributed by atoms with Crippen LogP contribution >= 0.6 is 0 Å². The first-order chi connectivity index (χ1) is 15.3. The molecule has 2 nitrogen and oxygen atoms in total. The maximum absolute atomic E-state index is 15.4. The topological polar surface area (TPSA) is 17.8 Å². The number of fused-ring (bicyclic) bond motifs is 1. The quantitative estimate of drug-likeness (QED) is 0.300. The third kappa shape index (κ3) is 2.89. The largest absolute Gasteiger partial charge is 0.242 e. The van der Waals surface area contributed by atoms with Gasteiger partial charge in [-0.05, 0) is 28.8 Å². The standard InChI is InChI=1S/C28H21FN2/c1-2-26-24-19-12-20-25(29)27(24)31(30-26)28(21-13-6-3-7-14-21,22-15-8-4-9-16-22)23-17-10-5-11-18-23/h2-20H,1H2. The van der Waals surface area contributed by atoms with Crippen molar-refractivity contribution in [3.63, 3.8) is 0 Å². The van der Waals surface area contributed by atoms with Crippen LogP contribution in [0.5, 0.6) is 0 Å². The molecule has 4 aromatic carbocycles. The van der Waals surface area contributed by atoms with Crippen molar-refractivity contribution < 1.29 is 4.39 Å². The maximum atomic E-state index is 15.4. The lowest BCUT2D eigenvalue weighted by molar-refractivity contribution is 0.467. The predicted molar refractivity (Wildman–Crippen MR) is 124 cm³/mol. The van der Waals surface area contributed by atoms with Crippen molar-refractivity contribution >= 4 is 17.0 Å². The summed E-state index contributed by atoms with van der Waals surface area (Å²) in [7, 11) is 0. The van der Waals surface area contributed by atoms with Crippen LogP contribution in [0.2, 0.25) is 0 Å². The molecule has 1 heterocycles. The van der Waals surface area contributed by atoms with Crippen LogP contribution in [0.25, 0.3) is 17.0 Å². The monoisotopic (exact) mass is 404 g/mol. The number of hydrogen-bond donors (Lipinski definition) is 0. The highest BCUT2D eigenvalue weighted by Gasteiger charge is 2.41. The van der Waals surface area contributed by atoms with Crippen LogP contribution < -0.4 is 0 Å². The second-order valence-electron chi connectivity index (χ2n) is 7.45. The molecule has 5 rings (SSSR count). The molecule has 150 valence electrons. The van der Waals surface area contributed by atoms with Gasteiger partial charge in [-0.25, -0.2) is 9.07 Å². The van der Waals surface area contributed by atoms with Gasteiger partial charge in [-0.1, -0.05) is 110 Å². The van der Waals surface area contributed by atoms with Gasteiger partial charge in [-0.15, -0.1) is 0 Å². The molecule has 5 aromatic rings. The van der Waals surface area contributed by atoms with Crippen LogP contribution in [0.3, 0.4) is 0 Å². The van der Waals surface area contributed by atoms with E-state index in [1.54, 1.807) is 12.1 Å². The van der Waals surface area contributed by atoms with Gasteiger partial charge in [-0.2, -0.15) is 5.10 Å². The molecule has 3 heteroatoms. The highest BCUT2D eigenvalue weighted by Crippen LogP contribution is 2.43. The van der Waals surface area contributed by atoms with E-state index in [2.05, 4.69) is 43.0 Å². The number of hydrogen-bond acceptors (Lipinski definition) is 1. The van der Waals surface area contributed by atoms with Crippen LogP contribution in [-0.2, 0) is 5.54 Å². The number of halogens is 1. The summed E-state index contributed by atoms with van der Waals surface area (Å²) < 4.78 is 17.2. The molecule has 0 amide bonds. The summed E-state index contributed by atoms with van der Waals surface area (Å²) in [6.45, 7) is 3.93. The molecular weight excluding hydrogens is 383 g/mol. The number of para-hydroxylation sites is 1. The summed E-state index contributed by atoms with van der Waals surface area (Å²) in [4.78, 5) is 0. The van der Waals surface area contributed by atoms with E-state index >= 15 is 4.39 Å². The molecule has 0 radical (unpaired) electrons. The van der Waals surface area contributed by atoms with E-state index in [0.717, 1.165) is 22.1 Å². The maximum Gasteiger partial charge on any atom is 0.149 e. The lowest BCUT2D eigenvalue weighted by Crippen LogP contribution is -2.38. The number of benzene rings is 4. The Labute approximate surface area is 180 Å². The third-order valence-corrected chi connectivity index (χ3v) is 5.77. The first kappa shape index (κ1) is 19.0. The van der Waals surface area contributed by atoms with Crippen LogP contribution in [0.15, 0.2) is 116 Å². The fourth-order valence-corrected chi connectivity index (χ4v) is 4.45. The SMILES string of the molecule is C=Cc1nn(C(c2ccccc2)(c2ccccc2)c2ccccc2)c2c(F)cccc12. The Bertz CT molecular complexity index is 1240. The summed E-state index contributed by atoms with van der Waals surface area (Å²) in [6.07, 6.45) is 1.68. The Morgan fingerprint density at radius 3 is 1.61 bits per heavy atom. The fraction of sp³-hybridized carbons (Fsp3) is 0.0357. The Morgan fingerprint density at radius 1 is 0.677 bits per heavy atom. The second kappa shape index (κ2) is 7.69. The first-order valence-electron chi connectivity index (χ1n) is 10.2. The van der Waals surface area contributed by atoms with E-state index < -0.39 is 5.54 Å². The summed E-state index contributed by atoms with van der Waals surface area (Å²) in [5.74, 6) is -0.315. The van der Waals surface area contributed by atoms with Gasteiger partial charge in [0.2, 0.25) is 0 Å². The molecular formula is C28H21FN2. The van der Waals surface area contributed by atoms with Gasteiger partial charge in [0, 0.05) is 5.39 Å². The zero-order valence-electron chi connectivity index (χ0n) is 16.9. The van der Waals surface area contributed by atoms with E-state index in [1.165, 1.54) is 6.07 Å². The Hall–Kier alpha value is -3.98. The summed E-state index contributed by atoms with van der Waals surface area (Å²) in [5, 5.41) is 5.67. The zero-order valence-corrected chi connectivity index (χ0v) is 16.9. The van der Waals surface area contributed by atoms with Crippen LogP contribution in [0, 0.1) is 5.82 Å². The van der Waals surface area contributed by atoms with Gasteiger partial charge in [0.05, 0.1) is 5.69 Å². The second-order valence-corrected chi connectivity index (χ2v) is 7.45. The number of aromatic nitrogens is 2. The molecule has 0 aliphatic rings. The minimum Gasteiger partial charge on any atom is -0.242 e. The molecule has 0 saturated heterocycles. The van der Waals surface area contributed by atoms with Gasteiger partial charge in [-0.3, -0.25) is 0 Å². The highest BCUT2D eigenvalue weighted by molar-refractivity contribution is 5.88. The average molecular weight is 404 g/mol. The summed E-state index contributed by atoms with van der Waals surface area (Å²) in [6, 6.07) is 35.5. The van der Waals surface area contributed by atoms with Crippen molar-refractivity contribution in [2.75, 3.05) is 0 Å². The molecule has 31 heavy (non-hydrogen) atoms. The average Bonchev–Trinajstić information content (AvgIpc) is 3.22. The van der Waals surface area contributed by atoms with Crippen molar-refractivity contribution in [2.24, 2.45) is 0 Å². The van der Waals surface area contributed by atoms with E-state index in [9.17, 15) is 0 Å². The molecule has 0 fully saturated rings. The Morgan fingerprint density at radius 2 is 1.16 bits per heavy atom. The lowest BCUT2D eigenvalue weighted by atomic mass is 9.77. The van der Waals surface area contributed by atoms with Crippen molar-refractivity contribution in [2.45, 2.75) is 5.54 Å². The fourth-order valence-electron chi connectivity index (χ4n) is 4.45. The summed E-state index contributed by atoms with van der Waals surface area (Å²) >= 11 is 0. The Balaban J connectivity index is 2.02. The van der Waals surface area contributed by atoms with E-state index in [-0.39, 0.29) is 5.82 Å².